The number of fused-ring (bicyclic) bond motifs is 1. The van der Waals surface area contributed by atoms with Crippen LogP contribution in [-0.2, 0) is 13.0 Å². The SMILES string of the molecule is CCCCc1nc2ccc(Br)cc2c(=O)n1N=Cc1cc(OC)c(OCc2ccc(C(=O)O)cc2)cc1Br. The highest BCUT2D eigenvalue weighted by molar-refractivity contribution is 9.10. The third-order valence-electron chi connectivity index (χ3n) is 5.82. The van der Waals surface area contributed by atoms with E-state index in [1.54, 1.807) is 36.5 Å². The molecule has 4 rings (SSSR count). The van der Waals surface area contributed by atoms with Gasteiger partial charge in [-0.2, -0.15) is 9.78 Å². The fraction of sp³-hybridized carbons (Fsp3) is 0.214. The molecule has 0 bridgehead atoms. The smallest absolute Gasteiger partial charge is 0.335 e. The van der Waals surface area contributed by atoms with Gasteiger partial charge in [0.1, 0.15) is 12.4 Å². The van der Waals surface area contributed by atoms with Crippen molar-refractivity contribution in [3.05, 3.63) is 96.4 Å². The number of aromatic nitrogens is 2. The van der Waals surface area contributed by atoms with E-state index in [1.165, 1.54) is 23.9 Å². The standard InChI is InChI=1S/C28H25Br2N3O5/c1-3-4-5-26-32-23-11-10-20(29)13-21(23)27(34)33(26)31-15-19-12-24(37-2)25(14-22(19)30)38-16-17-6-8-18(9-7-17)28(35)36/h6-15H,3-5,16H2,1-2H3,(H,35,36). The van der Waals surface area contributed by atoms with Crippen LogP contribution < -0.4 is 15.0 Å². The third-order valence-corrected chi connectivity index (χ3v) is 7.00. The van der Waals surface area contributed by atoms with Gasteiger partial charge in [-0.3, -0.25) is 4.79 Å². The molecule has 0 saturated carbocycles. The highest BCUT2D eigenvalue weighted by Crippen LogP contribution is 2.33. The van der Waals surface area contributed by atoms with Crippen molar-refractivity contribution in [2.24, 2.45) is 5.10 Å². The molecule has 3 aromatic carbocycles. The zero-order valence-corrected chi connectivity index (χ0v) is 24.0. The first-order chi connectivity index (χ1) is 18.3. The predicted octanol–water partition coefficient (Wildman–Crippen LogP) is 6.43. The van der Waals surface area contributed by atoms with Crippen LogP contribution in [0.2, 0.25) is 0 Å². The van der Waals surface area contributed by atoms with E-state index in [9.17, 15) is 9.59 Å². The Bertz CT molecular complexity index is 1570. The number of carboxylic acid groups (broad SMARTS) is 1. The molecule has 0 radical (unpaired) electrons. The van der Waals surface area contributed by atoms with Crippen LogP contribution in [-0.4, -0.2) is 34.1 Å². The number of unbranched alkanes of at least 4 members (excludes halogenated alkanes) is 1. The maximum absolute atomic E-state index is 13.3. The average Bonchev–Trinajstić information content (AvgIpc) is 2.91. The first-order valence-electron chi connectivity index (χ1n) is 11.9. The summed E-state index contributed by atoms with van der Waals surface area (Å²) >= 11 is 6.99. The molecule has 8 nitrogen and oxygen atoms in total. The van der Waals surface area contributed by atoms with E-state index in [0.717, 1.165) is 22.9 Å². The number of aryl methyl sites for hydroxylation is 1. The zero-order valence-electron chi connectivity index (χ0n) is 20.8. The second-order valence-corrected chi connectivity index (χ2v) is 10.2. The lowest BCUT2D eigenvalue weighted by molar-refractivity contribution is 0.0697. The van der Waals surface area contributed by atoms with Crippen LogP contribution in [0, 0.1) is 0 Å². The molecule has 0 aliphatic rings. The number of aromatic carboxylic acids is 1. The Labute approximate surface area is 236 Å². The lowest BCUT2D eigenvalue weighted by Crippen LogP contribution is -2.22. The number of carboxylic acids is 1. The van der Waals surface area contributed by atoms with Gasteiger partial charge in [0, 0.05) is 20.9 Å². The van der Waals surface area contributed by atoms with Crippen LogP contribution in [0.25, 0.3) is 10.9 Å². The maximum atomic E-state index is 13.3. The second kappa shape index (κ2) is 12.4. The Hall–Kier alpha value is -3.50. The summed E-state index contributed by atoms with van der Waals surface area (Å²) in [6, 6.07) is 15.4. The van der Waals surface area contributed by atoms with Crippen molar-refractivity contribution in [3.63, 3.8) is 0 Å². The van der Waals surface area contributed by atoms with Crippen LogP contribution in [0.4, 0.5) is 0 Å². The van der Waals surface area contributed by atoms with Crippen molar-refractivity contribution >= 4 is 54.9 Å². The highest BCUT2D eigenvalue weighted by atomic mass is 79.9. The van der Waals surface area contributed by atoms with E-state index in [2.05, 4.69) is 43.9 Å². The van der Waals surface area contributed by atoms with Gasteiger partial charge in [0.25, 0.3) is 5.56 Å². The molecule has 196 valence electrons. The topological polar surface area (TPSA) is 103 Å². The van der Waals surface area contributed by atoms with Gasteiger partial charge in [-0.15, -0.1) is 0 Å². The normalized spacial score (nSPS) is 11.3. The van der Waals surface area contributed by atoms with Gasteiger partial charge in [-0.1, -0.05) is 41.4 Å². The number of carbonyl (C=O) groups is 1. The Balaban J connectivity index is 1.63. The largest absolute Gasteiger partial charge is 0.493 e. The fourth-order valence-corrected chi connectivity index (χ4v) is 4.54. The van der Waals surface area contributed by atoms with E-state index in [4.69, 9.17) is 19.6 Å². The van der Waals surface area contributed by atoms with Gasteiger partial charge in [-0.25, -0.2) is 9.78 Å². The molecule has 0 spiro atoms. The molecule has 0 amide bonds. The van der Waals surface area contributed by atoms with Gasteiger partial charge in [0.2, 0.25) is 0 Å². The predicted molar refractivity (Wildman–Crippen MR) is 154 cm³/mol. The summed E-state index contributed by atoms with van der Waals surface area (Å²) in [6.45, 7) is 2.31. The lowest BCUT2D eigenvalue weighted by atomic mass is 10.1. The summed E-state index contributed by atoms with van der Waals surface area (Å²) in [6.07, 6.45) is 4.06. The van der Waals surface area contributed by atoms with Gasteiger partial charge < -0.3 is 14.6 Å². The van der Waals surface area contributed by atoms with Crippen molar-refractivity contribution in [2.45, 2.75) is 32.8 Å². The first-order valence-corrected chi connectivity index (χ1v) is 13.5. The number of ether oxygens (including phenoxy) is 2. The molecule has 38 heavy (non-hydrogen) atoms. The van der Waals surface area contributed by atoms with Crippen molar-refractivity contribution in [3.8, 4) is 11.5 Å². The Morgan fingerprint density at radius 1 is 1.11 bits per heavy atom. The zero-order chi connectivity index (χ0) is 27.2. The molecule has 0 aliphatic heterocycles. The van der Waals surface area contributed by atoms with Crippen molar-refractivity contribution in [2.75, 3.05) is 7.11 Å². The fourth-order valence-electron chi connectivity index (χ4n) is 3.76. The van der Waals surface area contributed by atoms with Crippen LogP contribution in [0.1, 0.15) is 47.1 Å². The van der Waals surface area contributed by atoms with Crippen molar-refractivity contribution in [1.82, 2.24) is 9.66 Å². The van der Waals surface area contributed by atoms with Gasteiger partial charge in [0.05, 0.1) is 29.8 Å². The minimum atomic E-state index is -0.979. The number of benzene rings is 3. The number of methoxy groups -OCH3 is 1. The average molecular weight is 643 g/mol. The monoisotopic (exact) mass is 641 g/mol. The molecule has 0 fully saturated rings. The van der Waals surface area contributed by atoms with E-state index in [-0.39, 0.29) is 17.7 Å². The van der Waals surface area contributed by atoms with Crippen LogP contribution >= 0.6 is 31.9 Å². The summed E-state index contributed by atoms with van der Waals surface area (Å²) in [5.74, 6) is 0.597. The van der Waals surface area contributed by atoms with E-state index >= 15 is 0 Å². The van der Waals surface area contributed by atoms with E-state index < -0.39 is 5.97 Å². The van der Waals surface area contributed by atoms with Crippen LogP contribution in [0.5, 0.6) is 11.5 Å². The summed E-state index contributed by atoms with van der Waals surface area (Å²) in [5.41, 5.74) is 2.10. The summed E-state index contributed by atoms with van der Waals surface area (Å²) < 4.78 is 14.3. The molecular formula is C28H25Br2N3O5. The Morgan fingerprint density at radius 3 is 2.55 bits per heavy atom. The molecule has 0 saturated heterocycles. The van der Waals surface area contributed by atoms with Gasteiger partial charge >= 0.3 is 5.97 Å². The third kappa shape index (κ3) is 6.31. The number of hydrogen-bond donors (Lipinski definition) is 1. The van der Waals surface area contributed by atoms with Crippen LogP contribution in [0.3, 0.4) is 0 Å². The quantitative estimate of drug-likeness (QED) is 0.200. The minimum Gasteiger partial charge on any atom is -0.493 e. The molecule has 1 aromatic heterocycles. The maximum Gasteiger partial charge on any atom is 0.335 e. The number of rotatable bonds is 10. The Morgan fingerprint density at radius 2 is 1.87 bits per heavy atom. The molecule has 0 atom stereocenters. The highest BCUT2D eigenvalue weighted by Gasteiger charge is 2.13. The number of halogens is 2. The van der Waals surface area contributed by atoms with Gasteiger partial charge in [-0.05, 0) is 70.4 Å². The molecule has 10 heteroatoms. The van der Waals surface area contributed by atoms with E-state index in [0.29, 0.717) is 44.7 Å². The molecule has 1 heterocycles. The first kappa shape index (κ1) is 27.5. The molecule has 4 aromatic rings. The number of hydrogen-bond acceptors (Lipinski definition) is 6. The molecule has 0 aliphatic carbocycles. The second-order valence-electron chi connectivity index (χ2n) is 8.47. The van der Waals surface area contributed by atoms with Crippen LogP contribution in [0.15, 0.2) is 73.4 Å². The van der Waals surface area contributed by atoms with Crippen molar-refractivity contribution < 1.29 is 19.4 Å². The van der Waals surface area contributed by atoms with Gasteiger partial charge in [0.15, 0.2) is 11.5 Å². The molecule has 0 unspecified atom stereocenters. The molecular weight excluding hydrogens is 618 g/mol. The Kier molecular flexibility index (Phi) is 8.96. The lowest BCUT2D eigenvalue weighted by Gasteiger charge is -2.13. The summed E-state index contributed by atoms with van der Waals surface area (Å²) in [4.78, 5) is 29.1. The summed E-state index contributed by atoms with van der Waals surface area (Å²) in [5, 5.41) is 14.1. The summed E-state index contributed by atoms with van der Waals surface area (Å²) in [7, 11) is 1.54. The number of nitrogens with zero attached hydrogens (tertiary/aromatic N) is 3. The molecule has 1 N–H and O–H groups in total. The van der Waals surface area contributed by atoms with Crippen molar-refractivity contribution in [1.29, 1.82) is 0 Å². The van der Waals surface area contributed by atoms with E-state index in [1.807, 2.05) is 12.1 Å². The minimum absolute atomic E-state index is 0.212.